The number of hydrogen-bond donors (Lipinski definition) is 2. The molecule has 1 aromatic carbocycles. The molecule has 3 N–H and O–H groups in total. The monoisotopic (exact) mass is 358 g/mol. The van der Waals surface area contributed by atoms with E-state index in [1.54, 1.807) is 11.0 Å². The first-order valence-electron chi connectivity index (χ1n) is 7.15. The van der Waals surface area contributed by atoms with Crippen molar-refractivity contribution in [2.24, 2.45) is 0 Å². The van der Waals surface area contributed by atoms with Gasteiger partial charge in [-0.25, -0.2) is 9.97 Å². The number of aliphatic hydroxyl groups excluding tert-OH is 1. The normalized spacial score (nSPS) is 21.3. The van der Waals surface area contributed by atoms with Gasteiger partial charge in [0, 0.05) is 6.54 Å². The van der Waals surface area contributed by atoms with Crippen molar-refractivity contribution < 1.29 is 18.3 Å². The van der Waals surface area contributed by atoms with Crippen LogP contribution in [0.2, 0.25) is 5.02 Å². The van der Waals surface area contributed by atoms with Crippen molar-refractivity contribution >= 4 is 23.2 Å². The Labute approximate surface area is 140 Å². The maximum atomic E-state index is 12.9. The summed E-state index contributed by atoms with van der Waals surface area (Å²) >= 11 is 6.12. The Kier molecular flexibility index (Phi) is 4.27. The summed E-state index contributed by atoms with van der Waals surface area (Å²) in [7, 11) is 0. The quantitative estimate of drug-likeness (QED) is 0.863. The predicted octanol–water partition coefficient (Wildman–Crippen LogP) is 3.04. The summed E-state index contributed by atoms with van der Waals surface area (Å²) in [6.45, 7) is 0.192. The molecule has 2 unspecified atom stereocenters. The molecule has 9 heteroatoms. The van der Waals surface area contributed by atoms with Crippen molar-refractivity contribution in [1.29, 1.82) is 0 Å². The lowest BCUT2D eigenvalue weighted by atomic mass is 10.0. The van der Waals surface area contributed by atoms with E-state index >= 15 is 0 Å². The Morgan fingerprint density at radius 3 is 2.75 bits per heavy atom. The number of aliphatic hydroxyl groups is 1. The van der Waals surface area contributed by atoms with Gasteiger partial charge >= 0.3 is 6.18 Å². The predicted molar refractivity (Wildman–Crippen MR) is 83.6 cm³/mol. The largest absolute Gasteiger partial charge is 0.416 e. The van der Waals surface area contributed by atoms with E-state index in [9.17, 15) is 18.3 Å². The molecule has 0 spiro atoms. The third-order valence-electron chi connectivity index (χ3n) is 3.95. The van der Waals surface area contributed by atoms with Crippen molar-refractivity contribution in [2.45, 2.75) is 24.7 Å². The second-order valence-electron chi connectivity index (χ2n) is 5.58. The third kappa shape index (κ3) is 3.11. The molecule has 0 radical (unpaired) electrons. The SMILES string of the molecule is Nc1ncnc(N2CC(O)CC2c2cccc(C(F)(F)F)c2)c1Cl. The second kappa shape index (κ2) is 6.10. The van der Waals surface area contributed by atoms with E-state index < -0.39 is 23.9 Å². The molecule has 2 aromatic rings. The first-order valence-corrected chi connectivity index (χ1v) is 7.53. The van der Waals surface area contributed by atoms with Gasteiger partial charge in [-0.05, 0) is 24.1 Å². The number of alkyl halides is 3. The van der Waals surface area contributed by atoms with E-state index in [0.717, 1.165) is 12.1 Å². The molecule has 128 valence electrons. The molecular weight excluding hydrogens is 345 g/mol. The molecule has 1 saturated heterocycles. The van der Waals surface area contributed by atoms with Crippen LogP contribution in [0.25, 0.3) is 0 Å². The highest BCUT2D eigenvalue weighted by atomic mass is 35.5. The molecule has 1 fully saturated rings. The number of hydrogen-bond acceptors (Lipinski definition) is 5. The number of nitrogen functional groups attached to an aromatic ring is 1. The fourth-order valence-corrected chi connectivity index (χ4v) is 3.07. The molecule has 2 heterocycles. The average Bonchev–Trinajstić information content (AvgIpc) is 2.91. The topological polar surface area (TPSA) is 75.3 Å². The first-order chi connectivity index (χ1) is 11.3. The van der Waals surface area contributed by atoms with Crippen LogP contribution in [0.1, 0.15) is 23.6 Å². The summed E-state index contributed by atoms with van der Waals surface area (Å²) in [4.78, 5) is 9.50. The van der Waals surface area contributed by atoms with Crippen LogP contribution in [-0.4, -0.2) is 27.7 Å². The van der Waals surface area contributed by atoms with Gasteiger partial charge < -0.3 is 15.7 Å². The number of aromatic nitrogens is 2. The molecule has 1 aliphatic heterocycles. The van der Waals surface area contributed by atoms with Crippen LogP contribution >= 0.6 is 11.6 Å². The molecule has 0 aliphatic carbocycles. The Morgan fingerprint density at radius 2 is 2.04 bits per heavy atom. The summed E-state index contributed by atoms with van der Waals surface area (Å²) in [6, 6.07) is 4.53. The Bertz CT molecular complexity index is 756. The minimum Gasteiger partial charge on any atom is -0.391 e. The maximum absolute atomic E-state index is 12.9. The number of benzene rings is 1. The van der Waals surface area contributed by atoms with Crippen LogP contribution in [0.4, 0.5) is 24.8 Å². The lowest BCUT2D eigenvalue weighted by Crippen LogP contribution is -2.26. The van der Waals surface area contributed by atoms with Gasteiger partial charge in [0.2, 0.25) is 0 Å². The van der Waals surface area contributed by atoms with Gasteiger partial charge in [-0.3, -0.25) is 0 Å². The molecule has 0 saturated carbocycles. The van der Waals surface area contributed by atoms with Crippen LogP contribution < -0.4 is 10.6 Å². The van der Waals surface area contributed by atoms with Crippen LogP contribution in [0.15, 0.2) is 30.6 Å². The third-order valence-corrected chi connectivity index (χ3v) is 4.31. The van der Waals surface area contributed by atoms with Gasteiger partial charge in [0.05, 0.1) is 17.7 Å². The van der Waals surface area contributed by atoms with E-state index in [1.165, 1.54) is 12.4 Å². The lowest BCUT2D eigenvalue weighted by Gasteiger charge is -2.27. The molecule has 1 aromatic heterocycles. The van der Waals surface area contributed by atoms with Crippen molar-refractivity contribution in [3.63, 3.8) is 0 Å². The number of β-amino-alcohol motifs (C(OH)–C–C–N with tert-alkyl or cyclic N) is 1. The highest BCUT2D eigenvalue weighted by Crippen LogP contribution is 2.40. The van der Waals surface area contributed by atoms with Crippen molar-refractivity contribution in [2.75, 3.05) is 17.2 Å². The smallest absolute Gasteiger partial charge is 0.391 e. The molecule has 5 nitrogen and oxygen atoms in total. The average molecular weight is 359 g/mol. The minimum absolute atomic E-state index is 0.0749. The molecule has 1 aliphatic rings. The zero-order valence-corrected chi connectivity index (χ0v) is 13.1. The van der Waals surface area contributed by atoms with Gasteiger partial charge in [0.1, 0.15) is 17.2 Å². The number of halogens is 4. The summed E-state index contributed by atoms with van der Waals surface area (Å²) in [5.74, 6) is 0.369. The summed E-state index contributed by atoms with van der Waals surface area (Å²) in [5, 5.41) is 10.1. The molecular formula is C15H14ClF3N4O. The van der Waals surface area contributed by atoms with Crippen LogP contribution in [-0.2, 0) is 6.18 Å². The number of anilines is 2. The van der Waals surface area contributed by atoms with E-state index in [2.05, 4.69) is 9.97 Å². The van der Waals surface area contributed by atoms with Gasteiger partial charge in [0.15, 0.2) is 5.82 Å². The molecule has 0 amide bonds. The van der Waals surface area contributed by atoms with Crippen LogP contribution in [0.3, 0.4) is 0 Å². The Morgan fingerprint density at radius 1 is 1.29 bits per heavy atom. The van der Waals surface area contributed by atoms with E-state index in [-0.39, 0.29) is 23.8 Å². The maximum Gasteiger partial charge on any atom is 0.416 e. The number of nitrogens with two attached hydrogens (primary N) is 1. The number of nitrogens with zero attached hydrogens (tertiary/aromatic N) is 3. The van der Waals surface area contributed by atoms with E-state index in [0.29, 0.717) is 11.4 Å². The molecule has 3 rings (SSSR count). The fraction of sp³-hybridized carbons (Fsp3) is 0.333. The van der Waals surface area contributed by atoms with Crippen molar-refractivity contribution in [1.82, 2.24) is 9.97 Å². The van der Waals surface area contributed by atoms with Gasteiger partial charge in [0.25, 0.3) is 0 Å². The van der Waals surface area contributed by atoms with E-state index in [4.69, 9.17) is 17.3 Å². The highest BCUT2D eigenvalue weighted by Gasteiger charge is 2.36. The fourth-order valence-electron chi connectivity index (χ4n) is 2.86. The van der Waals surface area contributed by atoms with Gasteiger partial charge in [-0.15, -0.1) is 0 Å². The summed E-state index contributed by atoms with van der Waals surface area (Å²) < 4.78 is 38.8. The minimum atomic E-state index is -4.44. The Balaban J connectivity index is 2.01. The van der Waals surface area contributed by atoms with E-state index in [1.807, 2.05) is 0 Å². The molecule has 24 heavy (non-hydrogen) atoms. The Hall–Kier alpha value is -2.06. The summed E-state index contributed by atoms with van der Waals surface area (Å²) in [5.41, 5.74) is 5.35. The van der Waals surface area contributed by atoms with Crippen molar-refractivity contribution in [3.05, 3.63) is 46.7 Å². The van der Waals surface area contributed by atoms with Crippen molar-refractivity contribution in [3.8, 4) is 0 Å². The molecule has 2 atom stereocenters. The lowest BCUT2D eigenvalue weighted by molar-refractivity contribution is -0.137. The standard InChI is InChI=1S/C15H14ClF3N4O/c16-12-13(20)21-7-22-14(12)23-6-10(24)5-11(23)8-2-1-3-9(4-8)15(17,18)19/h1-4,7,10-11,24H,5-6H2,(H2,20,21,22). The number of rotatable bonds is 2. The second-order valence-corrected chi connectivity index (χ2v) is 5.96. The molecule has 0 bridgehead atoms. The van der Waals surface area contributed by atoms with Crippen LogP contribution in [0, 0.1) is 0 Å². The first kappa shape index (κ1) is 16.8. The highest BCUT2D eigenvalue weighted by molar-refractivity contribution is 6.35. The van der Waals surface area contributed by atoms with Gasteiger partial charge in [-0.1, -0.05) is 23.7 Å². The summed E-state index contributed by atoms with van der Waals surface area (Å²) in [6.07, 6.45) is -3.65. The zero-order chi connectivity index (χ0) is 17.5. The zero-order valence-electron chi connectivity index (χ0n) is 12.3. The van der Waals surface area contributed by atoms with Gasteiger partial charge in [-0.2, -0.15) is 13.2 Å². The van der Waals surface area contributed by atoms with Crippen LogP contribution in [0.5, 0.6) is 0 Å².